The average Bonchev–Trinajstić information content (AvgIpc) is 2.89. The first-order chi connectivity index (χ1) is 7.43. The summed E-state index contributed by atoms with van der Waals surface area (Å²) in [5.74, 6) is 0. The Kier molecular flexibility index (Phi) is 2.07. The van der Waals surface area contributed by atoms with E-state index in [1.807, 2.05) is 23.1 Å². The molecule has 0 bridgehead atoms. The number of hydrogen-bond donors (Lipinski definition) is 1. The molecule has 0 saturated carbocycles. The maximum Gasteiger partial charge on any atom is 0.0918 e. The predicted octanol–water partition coefficient (Wildman–Crippen LogP) is 1.37. The SMILES string of the molecule is c1ccc2c(c1)cnn2NC1CCOC1. The van der Waals surface area contributed by atoms with E-state index in [-0.39, 0.29) is 0 Å². The summed E-state index contributed by atoms with van der Waals surface area (Å²) >= 11 is 0. The van der Waals surface area contributed by atoms with E-state index in [0.29, 0.717) is 6.04 Å². The van der Waals surface area contributed by atoms with Crippen LogP contribution in [-0.2, 0) is 4.74 Å². The van der Waals surface area contributed by atoms with Gasteiger partial charge in [-0.3, -0.25) is 0 Å². The molecule has 4 heteroatoms. The molecule has 0 aliphatic carbocycles. The molecule has 0 spiro atoms. The van der Waals surface area contributed by atoms with Gasteiger partial charge in [0.1, 0.15) is 0 Å². The van der Waals surface area contributed by atoms with Crippen LogP contribution in [0.1, 0.15) is 6.42 Å². The number of rotatable bonds is 2. The van der Waals surface area contributed by atoms with Crippen molar-refractivity contribution in [2.45, 2.75) is 12.5 Å². The average molecular weight is 203 g/mol. The van der Waals surface area contributed by atoms with Crippen molar-refractivity contribution in [3.63, 3.8) is 0 Å². The van der Waals surface area contributed by atoms with Gasteiger partial charge in [0, 0.05) is 12.0 Å². The van der Waals surface area contributed by atoms with Crippen LogP contribution in [0.25, 0.3) is 10.9 Å². The van der Waals surface area contributed by atoms with Crippen molar-refractivity contribution in [2.24, 2.45) is 0 Å². The van der Waals surface area contributed by atoms with Crippen LogP contribution in [-0.4, -0.2) is 29.1 Å². The highest BCUT2D eigenvalue weighted by molar-refractivity contribution is 5.78. The van der Waals surface area contributed by atoms with Crippen LogP contribution in [0.4, 0.5) is 0 Å². The molecule has 1 atom stereocenters. The van der Waals surface area contributed by atoms with E-state index in [4.69, 9.17) is 4.74 Å². The highest BCUT2D eigenvalue weighted by Gasteiger charge is 2.16. The van der Waals surface area contributed by atoms with Gasteiger partial charge in [-0.25, -0.2) is 0 Å². The fraction of sp³-hybridized carbons (Fsp3) is 0.364. The molecule has 0 radical (unpaired) electrons. The van der Waals surface area contributed by atoms with Crippen molar-refractivity contribution >= 4 is 10.9 Å². The van der Waals surface area contributed by atoms with Crippen molar-refractivity contribution in [3.8, 4) is 0 Å². The molecule has 3 rings (SSSR count). The number of ether oxygens (including phenoxy) is 1. The Balaban J connectivity index is 1.90. The van der Waals surface area contributed by atoms with Crippen LogP contribution in [0.3, 0.4) is 0 Å². The van der Waals surface area contributed by atoms with Crippen molar-refractivity contribution in [1.82, 2.24) is 9.89 Å². The lowest BCUT2D eigenvalue weighted by Gasteiger charge is -2.12. The van der Waals surface area contributed by atoms with Gasteiger partial charge >= 0.3 is 0 Å². The minimum Gasteiger partial charge on any atom is -0.379 e. The first-order valence-corrected chi connectivity index (χ1v) is 5.20. The summed E-state index contributed by atoms with van der Waals surface area (Å²) < 4.78 is 5.31. The monoisotopic (exact) mass is 203 g/mol. The van der Waals surface area contributed by atoms with Crippen molar-refractivity contribution in [3.05, 3.63) is 30.5 Å². The van der Waals surface area contributed by atoms with E-state index in [0.717, 1.165) is 30.5 Å². The van der Waals surface area contributed by atoms with Crippen molar-refractivity contribution in [2.75, 3.05) is 18.6 Å². The van der Waals surface area contributed by atoms with E-state index in [2.05, 4.69) is 22.7 Å². The van der Waals surface area contributed by atoms with Gasteiger partial charge in [0.05, 0.1) is 24.4 Å². The third-order valence-corrected chi connectivity index (χ3v) is 2.71. The van der Waals surface area contributed by atoms with Crippen molar-refractivity contribution < 1.29 is 4.74 Å². The van der Waals surface area contributed by atoms with Gasteiger partial charge in [-0.2, -0.15) is 9.89 Å². The predicted molar refractivity (Wildman–Crippen MR) is 58.3 cm³/mol. The summed E-state index contributed by atoms with van der Waals surface area (Å²) in [7, 11) is 0. The van der Waals surface area contributed by atoms with Crippen LogP contribution in [0.15, 0.2) is 30.5 Å². The number of nitrogens with one attached hydrogen (secondary N) is 1. The number of hydrogen-bond acceptors (Lipinski definition) is 3. The summed E-state index contributed by atoms with van der Waals surface area (Å²) in [6, 6.07) is 8.55. The normalized spacial score (nSPS) is 20.9. The van der Waals surface area contributed by atoms with Crippen LogP contribution < -0.4 is 5.43 Å². The Labute approximate surface area is 87.8 Å². The lowest BCUT2D eigenvalue weighted by Crippen LogP contribution is -2.28. The van der Waals surface area contributed by atoms with E-state index in [1.165, 1.54) is 0 Å². The number of aromatic nitrogens is 2. The third-order valence-electron chi connectivity index (χ3n) is 2.71. The molecule has 78 valence electrons. The topological polar surface area (TPSA) is 39.1 Å². The second kappa shape index (κ2) is 3.55. The number of nitrogens with zero attached hydrogens (tertiary/aromatic N) is 2. The van der Waals surface area contributed by atoms with Crippen LogP contribution in [0.2, 0.25) is 0 Å². The zero-order valence-electron chi connectivity index (χ0n) is 8.39. The minimum atomic E-state index is 0.383. The molecule has 1 aromatic carbocycles. The van der Waals surface area contributed by atoms with E-state index >= 15 is 0 Å². The Morgan fingerprint density at radius 2 is 2.33 bits per heavy atom. The molecular formula is C11H13N3O. The zero-order valence-corrected chi connectivity index (χ0v) is 8.39. The van der Waals surface area contributed by atoms with Gasteiger partial charge in [0.2, 0.25) is 0 Å². The van der Waals surface area contributed by atoms with Gasteiger partial charge in [-0.15, -0.1) is 0 Å². The van der Waals surface area contributed by atoms with Crippen LogP contribution >= 0.6 is 0 Å². The molecule has 1 saturated heterocycles. The molecule has 1 fully saturated rings. The summed E-state index contributed by atoms with van der Waals surface area (Å²) in [6.45, 7) is 1.62. The fourth-order valence-corrected chi connectivity index (χ4v) is 1.88. The summed E-state index contributed by atoms with van der Waals surface area (Å²) in [5, 5.41) is 5.47. The number of benzene rings is 1. The molecule has 2 heterocycles. The van der Waals surface area contributed by atoms with Crippen molar-refractivity contribution in [1.29, 1.82) is 0 Å². The maximum absolute atomic E-state index is 5.31. The van der Waals surface area contributed by atoms with Crippen LogP contribution in [0, 0.1) is 0 Å². The Hall–Kier alpha value is -1.55. The lowest BCUT2D eigenvalue weighted by molar-refractivity contribution is 0.194. The maximum atomic E-state index is 5.31. The van der Waals surface area contributed by atoms with Gasteiger partial charge in [-0.1, -0.05) is 18.2 Å². The first-order valence-electron chi connectivity index (χ1n) is 5.20. The third kappa shape index (κ3) is 1.57. The number of para-hydroxylation sites is 1. The highest BCUT2D eigenvalue weighted by atomic mass is 16.5. The second-order valence-corrected chi connectivity index (χ2v) is 3.80. The quantitative estimate of drug-likeness (QED) is 0.801. The summed E-state index contributed by atoms with van der Waals surface area (Å²) in [4.78, 5) is 1.84. The summed E-state index contributed by atoms with van der Waals surface area (Å²) in [6.07, 6.45) is 2.92. The lowest BCUT2D eigenvalue weighted by atomic mass is 10.2. The highest BCUT2D eigenvalue weighted by Crippen LogP contribution is 2.13. The Morgan fingerprint density at radius 1 is 1.40 bits per heavy atom. The number of fused-ring (bicyclic) bond motifs is 1. The van der Waals surface area contributed by atoms with Gasteiger partial charge in [0.25, 0.3) is 0 Å². The van der Waals surface area contributed by atoms with E-state index < -0.39 is 0 Å². The smallest absolute Gasteiger partial charge is 0.0918 e. The molecule has 15 heavy (non-hydrogen) atoms. The van der Waals surface area contributed by atoms with Gasteiger partial charge in [0.15, 0.2) is 0 Å². The van der Waals surface area contributed by atoms with Gasteiger partial charge in [-0.05, 0) is 12.5 Å². The molecular weight excluding hydrogens is 190 g/mol. The standard InChI is InChI=1S/C11H13N3O/c1-2-4-11-9(3-1)7-12-14(11)13-10-5-6-15-8-10/h1-4,7,10,13H,5-6,8H2. The van der Waals surface area contributed by atoms with Gasteiger partial charge < -0.3 is 10.2 Å². The minimum absolute atomic E-state index is 0.383. The molecule has 1 aromatic heterocycles. The second-order valence-electron chi connectivity index (χ2n) is 3.80. The van der Waals surface area contributed by atoms with Crippen LogP contribution in [0.5, 0.6) is 0 Å². The fourth-order valence-electron chi connectivity index (χ4n) is 1.88. The Bertz CT molecular complexity index is 460. The Morgan fingerprint density at radius 3 is 3.20 bits per heavy atom. The zero-order chi connectivity index (χ0) is 10.1. The molecule has 1 aliphatic heterocycles. The first kappa shape index (κ1) is 8.73. The molecule has 2 aromatic rings. The molecule has 1 N–H and O–H groups in total. The largest absolute Gasteiger partial charge is 0.379 e. The van der Waals surface area contributed by atoms with E-state index in [9.17, 15) is 0 Å². The molecule has 4 nitrogen and oxygen atoms in total. The van der Waals surface area contributed by atoms with E-state index in [1.54, 1.807) is 0 Å². The molecule has 1 aliphatic rings. The molecule has 0 amide bonds. The molecule has 1 unspecified atom stereocenters. The summed E-state index contributed by atoms with van der Waals surface area (Å²) in [5.41, 5.74) is 4.46.